The Bertz CT molecular complexity index is 894. The molecule has 0 aromatic heterocycles. The van der Waals surface area contributed by atoms with Crippen LogP contribution < -0.4 is 10.3 Å². The van der Waals surface area contributed by atoms with E-state index >= 15 is 0 Å². The standard InChI is InChI=1S/C18H19FN2O3S/c1-12-15(13-6-3-2-4-7-13)10-11-16(19)17(12)18(22)20-21-25(23,24)14-8-5-9-14/h2-4,6-7,10-11,14,21H,5,8-9H2,1H3,(H,20,22). The van der Waals surface area contributed by atoms with Crippen molar-refractivity contribution in [3.05, 3.63) is 59.4 Å². The number of carbonyl (C=O) groups excluding carboxylic acids is 1. The lowest BCUT2D eigenvalue weighted by molar-refractivity contribution is 0.0940. The number of hydrogen-bond donors (Lipinski definition) is 2. The highest BCUT2D eigenvalue weighted by atomic mass is 32.2. The van der Waals surface area contributed by atoms with E-state index in [4.69, 9.17) is 0 Å². The lowest BCUT2D eigenvalue weighted by atomic mass is 9.96. The van der Waals surface area contributed by atoms with Crippen molar-refractivity contribution in [1.29, 1.82) is 0 Å². The first-order valence-electron chi connectivity index (χ1n) is 8.05. The average Bonchev–Trinajstić information content (AvgIpc) is 2.52. The molecule has 2 aromatic carbocycles. The Morgan fingerprint density at radius 1 is 1.12 bits per heavy atom. The number of nitrogens with one attached hydrogen (secondary N) is 2. The molecule has 25 heavy (non-hydrogen) atoms. The van der Waals surface area contributed by atoms with Gasteiger partial charge in [-0.3, -0.25) is 10.2 Å². The second kappa shape index (κ2) is 6.93. The first-order valence-corrected chi connectivity index (χ1v) is 9.60. The zero-order valence-electron chi connectivity index (χ0n) is 13.8. The Labute approximate surface area is 146 Å². The molecule has 1 amide bonds. The summed E-state index contributed by atoms with van der Waals surface area (Å²) in [6.07, 6.45) is 2.00. The fourth-order valence-electron chi connectivity index (χ4n) is 2.83. The van der Waals surface area contributed by atoms with Crippen molar-refractivity contribution >= 4 is 15.9 Å². The minimum absolute atomic E-state index is 0.169. The van der Waals surface area contributed by atoms with Crippen LogP contribution >= 0.6 is 0 Å². The third-order valence-electron chi connectivity index (χ3n) is 4.52. The van der Waals surface area contributed by atoms with Crippen molar-refractivity contribution in [2.24, 2.45) is 0 Å². The Hall–Kier alpha value is -2.25. The van der Waals surface area contributed by atoms with Gasteiger partial charge in [-0.2, -0.15) is 0 Å². The third-order valence-corrected chi connectivity index (χ3v) is 6.26. The SMILES string of the molecule is Cc1c(-c2ccccc2)ccc(F)c1C(=O)NNS(=O)(=O)C1CCC1. The van der Waals surface area contributed by atoms with E-state index in [1.165, 1.54) is 6.07 Å². The summed E-state index contributed by atoms with van der Waals surface area (Å²) in [6, 6.07) is 12.1. The molecule has 0 unspecified atom stereocenters. The number of sulfonamides is 1. The highest BCUT2D eigenvalue weighted by Gasteiger charge is 2.31. The zero-order valence-corrected chi connectivity index (χ0v) is 14.6. The minimum atomic E-state index is -3.62. The summed E-state index contributed by atoms with van der Waals surface area (Å²) in [5.74, 6) is -1.51. The van der Waals surface area contributed by atoms with Crippen LogP contribution in [-0.2, 0) is 10.0 Å². The number of carbonyl (C=O) groups is 1. The second-order valence-electron chi connectivity index (χ2n) is 6.12. The lowest BCUT2D eigenvalue weighted by Gasteiger charge is -2.25. The molecule has 7 heteroatoms. The van der Waals surface area contributed by atoms with Crippen LogP contribution in [0.4, 0.5) is 4.39 Å². The zero-order chi connectivity index (χ0) is 18.0. The quantitative estimate of drug-likeness (QED) is 0.803. The van der Waals surface area contributed by atoms with Gasteiger partial charge in [-0.25, -0.2) is 12.8 Å². The molecule has 2 N–H and O–H groups in total. The van der Waals surface area contributed by atoms with Crippen molar-refractivity contribution in [2.75, 3.05) is 0 Å². The molecule has 0 atom stereocenters. The molecule has 0 heterocycles. The topological polar surface area (TPSA) is 75.3 Å². The van der Waals surface area contributed by atoms with E-state index in [9.17, 15) is 17.6 Å². The van der Waals surface area contributed by atoms with Crippen LogP contribution in [-0.4, -0.2) is 19.6 Å². The Morgan fingerprint density at radius 2 is 1.80 bits per heavy atom. The van der Waals surface area contributed by atoms with Crippen LogP contribution in [0, 0.1) is 12.7 Å². The number of rotatable bonds is 5. The molecule has 5 nitrogen and oxygen atoms in total. The Morgan fingerprint density at radius 3 is 2.40 bits per heavy atom. The molecule has 1 fully saturated rings. The van der Waals surface area contributed by atoms with Crippen LogP contribution in [0.5, 0.6) is 0 Å². The molecule has 0 bridgehead atoms. The lowest BCUT2D eigenvalue weighted by Crippen LogP contribution is -2.48. The van der Waals surface area contributed by atoms with Crippen molar-refractivity contribution < 1.29 is 17.6 Å². The first-order chi connectivity index (χ1) is 11.9. The summed E-state index contributed by atoms with van der Waals surface area (Å²) in [6.45, 7) is 1.64. The molecule has 0 spiro atoms. The van der Waals surface area contributed by atoms with Crippen molar-refractivity contribution in [2.45, 2.75) is 31.4 Å². The molecule has 0 aliphatic heterocycles. The van der Waals surface area contributed by atoms with Gasteiger partial charge in [0.25, 0.3) is 5.91 Å². The summed E-state index contributed by atoms with van der Waals surface area (Å²) in [5, 5.41) is -0.491. The van der Waals surface area contributed by atoms with Crippen molar-refractivity contribution in [1.82, 2.24) is 10.3 Å². The predicted molar refractivity (Wildman–Crippen MR) is 93.7 cm³/mol. The van der Waals surface area contributed by atoms with Gasteiger partial charge >= 0.3 is 0 Å². The average molecular weight is 362 g/mol. The summed E-state index contributed by atoms with van der Waals surface area (Å²) < 4.78 is 38.2. The molecule has 1 aliphatic carbocycles. The third kappa shape index (κ3) is 3.57. The molecule has 3 rings (SSSR count). The van der Waals surface area contributed by atoms with Gasteiger partial charge in [-0.05, 0) is 42.5 Å². The van der Waals surface area contributed by atoms with Crippen molar-refractivity contribution in [3.63, 3.8) is 0 Å². The number of amides is 1. The minimum Gasteiger partial charge on any atom is -0.274 e. The Kier molecular flexibility index (Phi) is 4.87. The van der Waals surface area contributed by atoms with E-state index in [2.05, 4.69) is 10.3 Å². The molecule has 132 valence electrons. The monoisotopic (exact) mass is 362 g/mol. The second-order valence-corrected chi connectivity index (χ2v) is 8.08. The van der Waals surface area contributed by atoms with Gasteiger partial charge in [-0.1, -0.05) is 42.8 Å². The number of hydrogen-bond acceptors (Lipinski definition) is 3. The van der Waals surface area contributed by atoms with Gasteiger partial charge in [-0.15, -0.1) is 4.83 Å². The fourth-order valence-corrected chi connectivity index (χ4v) is 4.19. The molecule has 0 saturated heterocycles. The van der Waals surface area contributed by atoms with E-state index in [1.807, 2.05) is 30.3 Å². The summed E-state index contributed by atoms with van der Waals surface area (Å²) in [4.78, 5) is 14.4. The number of halogens is 1. The van der Waals surface area contributed by atoms with Crippen LogP contribution in [0.25, 0.3) is 11.1 Å². The van der Waals surface area contributed by atoms with Gasteiger partial charge in [0.1, 0.15) is 5.82 Å². The molecule has 1 aliphatic rings. The van der Waals surface area contributed by atoms with E-state index in [1.54, 1.807) is 13.0 Å². The predicted octanol–water partition coefficient (Wildman–Crippen LogP) is 2.92. The summed E-state index contributed by atoms with van der Waals surface area (Å²) in [7, 11) is -3.62. The van der Waals surface area contributed by atoms with Gasteiger partial charge in [0, 0.05) is 0 Å². The highest BCUT2D eigenvalue weighted by Crippen LogP contribution is 2.28. The summed E-state index contributed by atoms with van der Waals surface area (Å²) in [5.41, 5.74) is 3.98. The summed E-state index contributed by atoms with van der Waals surface area (Å²) >= 11 is 0. The smallest absolute Gasteiger partial charge is 0.269 e. The van der Waals surface area contributed by atoms with E-state index in [0.29, 0.717) is 24.0 Å². The van der Waals surface area contributed by atoms with Gasteiger partial charge < -0.3 is 0 Å². The number of hydrazine groups is 1. The van der Waals surface area contributed by atoms with E-state index in [0.717, 1.165) is 12.0 Å². The molecule has 0 radical (unpaired) electrons. The molecule has 2 aromatic rings. The van der Waals surface area contributed by atoms with Crippen molar-refractivity contribution in [3.8, 4) is 11.1 Å². The van der Waals surface area contributed by atoms with E-state index in [-0.39, 0.29) is 5.56 Å². The normalized spacial score (nSPS) is 14.8. The fraction of sp³-hybridized carbons (Fsp3) is 0.278. The van der Waals surface area contributed by atoms with Crippen LogP contribution in [0.2, 0.25) is 0 Å². The van der Waals surface area contributed by atoms with Gasteiger partial charge in [0.2, 0.25) is 10.0 Å². The molecular formula is C18H19FN2O3S. The maximum Gasteiger partial charge on any atom is 0.269 e. The maximum atomic E-state index is 14.2. The molecular weight excluding hydrogens is 343 g/mol. The van der Waals surface area contributed by atoms with Crippen LogP contribution in [0.1, 0.15) is 35.2 Å². The van der Waals surface area contributed by atoms with Gasteiger partial charge in [0.05, 0.1) is 10.8 Å². The first kappa shape index (κ1) is 17.6. The maximum absolute atomic E-state index is 14.2. The van der Waals surface area contributed by atoms with Crippen LogP contribution in [0.3, 0.4) is 0 Å². The van der Waals surface area contributed by atoms with Crippen LogP contribution in [0.15, 0.2) is 42.5 Å². The Balaban J connectivity index is 1.85. The highest BCUT2D eigenvalue weighted by molar-refractivity contribution is 7.90. The van der Waals surface area contributed by atoms with E-state index < -0.39 is 27.0 Å². The molecule has 1 saturated carbocycles. The largest absolute Gasteiger partial charge is 0.274 e. The van der Waals surface area contributed by atoms with Gasteiger partial charge in [0.15, 0.2) is 0 Å². The number of benzene rings is 2.